The van der Waals surface area contributed by atoms with Crippen LogP contribution in [-0.4, -0.2) is 68.5 Å². The number of benzene rings is 1. The van der Waals surface area contributed by atoms with Crippen LogP contribution in [0.2, 0.25) is 0 Å². The van der Waals surface area contributed by atoms with Gasteiger partial charge in [0.1, 0.15) is 17.2 Å². The first kappa shape index (κ1) is 21.5. The van der Waals surface area contributed by atoms with Gasteiger partial charge in [-0.15, -0.1) is 0 Å². The molecule has 0 atom stereocenters. The summed E-state index contributed by atoms with van der Waals surface area (Å²) in [6.45, 7) is 4.74. The maximum absolute atomic E-state index is 13.9. The summed E-state index contributed by atoms with van der Waals surface area (Å²) in [7, 11) is 3.27. The molecule has 1 N–H and O–H groups in total. The molecule has 4 rings (SSSR count). The third-order valence-corrected chi connectivity index (χ3v) is 5.61. The highest BCUT2D eigenvalue weighted by molar-refractivity contribution is 5.96. The molecule has 0 radical (unpaired) electrons. The van der Waals surface area contributed by atoms with Crippen LogP contribution in [-0.2, 0) is 9.47 Å². The zero-order valence-corrected chi connectivity index (χ0v) is 18.0. The molecule has 164 valence electrons. The largest absolute Gasteiger partial charge is 0.496 e. The molecular formula is C24H28FN3O3. The van der Waals surface area contributed by atoms with Crippen molar-refractivity contribution >= 4 is 16.6 Å². The molecule has 0 bridgehead atoms. The summed E-state index contributed by atoms with van der Waals surface area (Å²) >= 11 is 0. The highest BCUT2D eigenvalue weighted by atomic mass is 19.1. The Morgan fingerprint density at radius 1 is 1.10 bits per heavy atom. The topological polar surface area (TPSA) is 59.6 Å². The third kappa shape index (κ3) is 4.95. The zero-order valence-electron chi connectivity index (χ0n) is 18.0. The van der Waals surface area contributed by atoms with Crippen molar-refractivity contribution in [1.82, 2.24) is 14.9 Å². The number of H-pyrrole nitrogens is 1. The third-order valence-electron chi connectivity index (χ3n) is 5.61. The Kier molecular flexibility index (Phi) is 6.96. The van der Waals surface area contributed by atoms with Gasteiger partial charge in [-0.25, -0.2) is 9.37 Å². The molecule has 1 aliphatic rings. The molecule has 3 heterocycles. The Morgan fingerprint density at radius 3 is 2.77 bits per heavy atom. The number of hydrogen-bond acceptors (Lipinski definition) is 5. The SMILES string of the molecule is COCCOCCN1CC=C(c2cc3c(-c4cc(F)ccc4OC)ccnc3[nH]2)CC1. The van der Waals surface area contributed by atoms with E-state index in [1.807, 2.05) is 6.07 Å². The highest BCUT2D eigenvalue weighted by Gasteiger charge is 2.17. The van der Waals surface area contributed by atoms with Crippen LogP contribution in [0.1, 0.15) is 12.1 Å². The number of pyridine rings is 1. The predicted molar refractivity (Wildman–Crippen MR) is 120 cm³/mol. The monoisotopic (exact) mass is 425 g/mol. The Hall–Kier alpha value is -2.74. The van der Waals surface area contributed by atoms with E-state index in [0.29, 0.717) is 25.6 Å². The Bertz CT molecular complexity index is 1060. The van der Waals surface area contributed by atoms with Gasteiger partial charge < -0.3 is 19.2 Å². The minimum Gasteiger partial charge on any atom is -0.496 e. The second-order valence-corrected chi connectivity index (χ2v) is 7.53. The van der Waals surface area contributed by atoms with E-state index in [-0.39, 0.29) is 5.82 Å². The average molecular weight is 426 g/mol. The van der Waals surface area contributed by atoms with E-state index in [1.54, 1.807) is 26.5 Å². The van der Waals surface area contributed by atoms with E-state index in [4.69, 9.17) is 14.2 Å². The molecule has 6 nitrogen and oxygen atoms in total. The molecule has 1 aromatic carbocycles. The summed E-state index contributed by atoms with van der Waals surface area (Å²) in [5.74, 6) is 0.342. The number of ether oxygens (including phenoxy) is 3. The molecule has 7 heteroatoms. The molecule has 2 aromatic heterocycles. The number of nitrogens with zero attached hydrogens (tertiary/aromatic N) is 2. The van der Waals surface area contributed by atoms with Gasteiger partial charge in [-0.1, -0.05) is 6.08 Å². The van der Waals surface area contributed by atoms with Gasteiger partial charge in [0.25, 0.3) is 0 Å². The number of nitrogens with one attached hydrogen (secondary N) is 1. The summed E-state index contributed by atoms with van der Waals surface area (Å²) < 4.78 is 30.0. The maximum atomic E-state index is 13.9. The lowest BCUT2D eigenvalue weighted by atomic mass is 10.0. The zero-order chi connectivity index (χ0) is 21.6. The van der Waals surface area contributed by atoms with Crippen LogP contribution >= 0.6 is 0 Å². The standard InChI is InChI=1S/C24H28FN3O3/c1-29-13-14-31-12-11-28-9-6-17(7-10-28)22-16-21-19(5-8-26-24(21)27-22)20-15-18(25)3-4-23(20)30-2/h3-6,8,15-16H,7,9-14H2,1-2H3,(H,26,27). The first-order valence-electron chi connectivity index (χ1n) is 10.5. The normalized spacial score (nSPS) is 14.7. The van der Waals surface area contributed by atoms with E-state index in [9.17, 15) is 4.39 Å². The average Bonchev–Trinajstić information content (AvgIpc) is 3.24. The van der Waals surface area contributed by atoms with Crippen LogP contribution in [0.4, 0.5) is 4.39 Å². The molecule has 0 amide bonds. The molecular weight excluding hydrogens is 397 g/mol. The van der Waals surface area contributed by atoms with Crippen molar-refractivity contribution in [2.24, 2.45) is 0 Å². The van der Waals surface area contributed by atoms with Gasteiger partial charge in [-0.05, 0) is 47.9 Å². The van der Waals surface area contributed by atoms with Gasteiger partial charge in [0.15, 0.2) is 0 Å². The number of aromatic nitrogens is 2. The fourth-order valence-corrected chi connectivity index (χ4v) is 3.92. The fraction of sp³-hybridized carbons (Fsp3) is 0.375. The summed E-state index contributed by atoms with van der Waals surface area (Å²) in [6, 6.07) is 8.58. The molecule has 0 saturated heterocycles. The summed E-state index contributed by atoms with van der Waals surface area (Å²) in [5, 5.41) is 0.955. The highest BCUT2D eigenvalue weighted by Crippen LogP contribution is 2.36. The van der Waals surface area contributed by atoms with Crippen LogP contribution in [0.25, 0.3) is 27.7 Å². The smallest absolute Gasteiger partial charge is 0.138 e. The van der Waals surface area contributed by atoms with E-state index in [0.717, 1.165) is 53.9 Å². The van der Waals surface area contributed by atoms with Crippen molar-refractivity contribution < 1.29 is 18.6 Å². The van der Waals surface area contributed by atoms with E-state index < -0.39 is 0 Å². The van der Waals surface area contributed by atoms with Gasteiger partial charge in [0.05, 0.1) is 26.9 Å². The maximum Gasteiger partial charge on any atom is 0.138 e. The van der Waals surface area contributed by atoms with Crippen molar-refractivity contribution in [1.29, 1.82) is 0 Å². The predicted octanol–water partition coefficient (Wildman–Crippen LogP) is 4.13. The summed E-state index contributed by atoms with van der Waals surface area (Å²) in [6.07, 6.45) is 4.94. The number of hydrogen-bond donors (Lipinski definition) is 1. The van der Waals surface area contributed by atoms with Crippen molar-refractivity contribution in [3.05, 3.63) is 54.1 Å². The van der Waals surface area contributed by atoms with Crippen molar-refractivity contribution in [3.63, 3.8) is 0 Å². The van der Waals surface area contributed by atoms with Crippen LogP contribution < -0.4 is 4.74 Å². The molecule has 0 unspecified atom stereocenters. The number of aromatic amines is 1. The van der Waals surface area contributed by atoms with Gasteiger partial charge in [-0.3, -0.25) is 4.90 Å². The van der Waals surface area contributed by atoms with Crippen molar-refractivity contribution in [2.75, 3.05) is 53.7 Å². The molecule has 1 aliphatic heterocycles. The summed E-state index contributed by atoms with van der Waals surface area (Å²) in [5.41, 5.74) is 4.73. The first-order valence-corrected chi connectivity index (χ1v) is 10.5. The van der Waals surface area contributed by atoms with Gasteiger partial charge in [-0.2, -0.15) is 0 Å². The van der Waals surface area contributed by atoms with E-state index >= 15 is 0 Å². The summed E-state index contributed by atoms with van der Waals surface area (Å²) in [4.78, 5) is 10.3. The number of rotatable bonds is 9. The quantitative estimate of drug-likeness (QED) is 0.523. The van der Waals surface area contributed by atoms with Crippen molar-refractivity contribution in [3.8, 4) is 16.9 Å². The molecule has 0 aliphatic carbocycles. The van der Waals surface area contributed by atoms with Gasteiger partial charge in [0.2, 0.25) is 0 Å². The van der Waals surface area contributed by atoms with Crippen molar-refractivity contribution in [2.45, 2.75) is 6.42 Å². The molecule has 0 spiro atoms. The molecule has 31 heavy (non-hydrogen) atoms. The fourth-order valence-electron chi connectivity index (χ4n) is 3.92. The minimum atomic E-state index is -0.294. The Balaban J connectivity index is 1.52. The van der Waals surface area contributed by atoms with Crippen LogP contribution in [0, 0.1) is 5.82 Å². The number of methoxy groups -OCH3 is 2. The van der Waals surface area contributed by atoms with E-state index in [2.05, 4.69) is 27.0 Å². The van der Waals surface area contributed by atoms with Crippen LogP contribution in [0.15, 0.2) is 42.6 Å². The Morgan fingerprint density at radius 2 is 2.00 bits per heavy atom. The minimum absolute atomic E-state index is 0.294. The lowest BCUT2D eigenvalue weighted by molar-refractivity contribution is 0.0586. The second-order valence-electron chi connectivity index (χ2n) is 7.53. The second kappa shape index (κ2) is 10.0. The van der Waals surface area contributed by atoms with Crippen LogP contribution in [0.5, 0.6) is 5.75 Å². The molecule has 0 saturated carbocycles. The van der Waals surface area contributed by atoms with Gasteiger partial charge in [0, 0.05) is 49.6 Å². The lowest BCUT2D eigenvalue weighted by Gasteiger charge is -2.25. The molecule has 3 aromatic rings. The lowest BCUT2D eigenvalue weighted by Crippen LogP contribution is -2.32. The Labute approximate surface area is 181 Å². The number of halogens is 1. The molecule has 0 fully saturated rings. The van der Waals surface area contributed by atoms with Crippen LogP contribution in [0.3, 0.4) is 0 Å². The first-order chi connectivity index (χ1) is 15.2. The number of fused-ring (bicyclic) bond motifs is 1. The van der Waals surface area contributed by atoms with E-state index in [1.165, 1.54) is 17.7 Å². The van der Waals surface area contributed by atoms with Gasteiger partial charge >= 0.3 is 0 Å².